The summed E-state index contributed by atoms with van der Waals surface area (Å²) in [5.74, 6) is 1.87. The van der Waals surface area contributed by atoms with Gasteiger partial charge in [-0.1, -0.05) is 26.7 Å². The second kappa shape index (κ2) is 7.29. The van der Waals surface area contributed by atoms with Gasteiger partial charge in [-0.3, -0.25) is 0 Å². The summed E-state index contributed by atoms with van der Waals surface area (Å²) >= 11 is 0. The maximum absolute atomic E-state index is 3.74. The van der Waals surface area contributed by atoms with Crippen LogP contribution in [0.5, 0.6) is 0 Å². The van der Waals surface area contributed by atoms with Crippen molar-refractivity contribution < 1.29 is 0 Å². The Morgan fingerprint density at radius 1 is 1.19 bits per heavy atom. The maximum Gasteiger partial charge on any atom is 0.0222 e. The molecule has 0 spiro atoms. The molecular weight excluding hydrogens is 196 g/mol. The Balaban J connectivity index is 2.40. The molecule has 0 bridgehead atoms. The second-order valence-corrected chi connectivity index (χ2v) is 5.84. The number of hydrogen-bond acceptors (Lipinski definition) is 2. The summed E-state index contributed by atoms with van der Waals surface area (Å²) in [7, 11) is 4.37. The number of rotatable bonds is 6. The molecule has 1 fully saturated rings. The van der Waals surface area contributed by atoms with Crippen LogP contribution in [0, 0.1) is 11.8 Å². The van der Waals surface area contributed by atoms with Crippen molar-refractivity contribution in [1.29, 1.82) is 0 Å². The van der Waals surface area contributed by atoms with E-state index in [0.29, 0.717) is 6.04 Å². The molecule has 16 heavy (non-hydrogen) atoms. The monoisotopic (exact) mass is 226 g/mol. The van der Waals surface area contributed by atoms with Crippen molar-refractivity contribution >= 4 is 0 Å². The van der Waals surface area contributed by atoms with Crippen LogP contribution >= 0.6 is 0 Å². The smallest absolute Gasteiger partial charge is 0.0222 e. The molecule has 0 saturated heterocycles. The van der Waals surface area contributed by atoms with Gasteiger partial charge in [0.2, 0.25) is 0 Å². The minimum Gasteiger partial charge on any atom is -0.312 e. The first-order chi connectivity index (χ1) is 7.63. The van der Waals surface area contributed by atoms with Gasteiger partial charge >= 0.3 is 0 Å². The maximum atomic E-state index is 3.74. The molecule has 0 aromatic carbocycles. The second-order valence-electron chi connectivity index (χ2n) is 5.84. The first-order valence-corrected chi connectivity index (χ1v) is 7.01. The van der Waals surface area contributed by atoms with Gasteiger partial charge in [-0.05, 0) is 51.7 Å². The van der Waals surface area contributed by atoms with Crippen LogP contribution in [0.4, 0.5) is 0 Å². The summed E-state index contributed by atoms with van der Waals surface area (Å²) in [5.41, 5.74) is 0. The van der Waals surface area contributed by atoms with E-state index in [0.717, 1.165) is 11.8 Å². The van der Waals surface area contributed by atoms with Crippen LogP contribution in [-0.4, -0.2) is 38.1 Å². The zero-order chi connectivity index (χ0) is 12.0. The minimum atomic E-state index is 0.711. The van der Waals surface area contributed by atoms with Crippen molar-refractivity contribution in [2.45, 2.75) is 52.0 Å². The van der Waals surface area contributed by atoms with E-state index in [9.17, 15) is 0 Å². The summed E-state index contributed by atoms with van der Waals surface area (Å²) < 4.78 is 0. The Morgan fingerprint density at radius 3 is 2.31 bits per heavy atom. The third-order valence-corrected chi connectivity index (χ3v) is 3.85. The lowest BCUT2D eigenvalue weighted by Gasteiger charge is -2.34. The van der Waals surface area contributed by atoms with Gasteiger partial charge < -0.3 is 10.2 Å². The molecule has 1 aliphatic carbocycles. The summed E-state index contributed by atoms with van der Waals surface area (Å²) in [5, 5.41) is 3.74. The average Bonchev–Trinajstić information content (AvgIpc) is 2.25. The molecule has 2 heteroatoms. The zero-order valence-electron chi connectivity index (χ0n) is 11.6. The van der Waals surface area contributed by atoms with Gasteiger partial charge in [-0.25, -0.2) is 0 Å². The van der Waals surface area contributed by atoms with Crippen LogP contribution in [0.25, 0.3) is 0 Å². The Morgan fingerprint density at radius 2 is 1.81 bits per heavy atom. The summed E-state index contributed by atoms with van der Waals surface area (Å²) in [6.07, 6.45) is 6.96. The van der Waals surface area contributed by atoms with E-state index in [1.54, 1.807) is 0 Å². The van der Waals surface area contributed by atoms with Crippen molar-refractivity contribution in [1.82, 2.24) is 10.2 Å². The van der Waals surface area contributed by atoms with E-state index < -0.39 is 0 Å². The molecule has 1 rings (SSSR count). The Hall–Kier alpha value is -0.0800. The SMILES string of the molecule is CCCNC(CN(C)C)C1CCC(C)CC1. The minimum absolute atomic E-state index is 0.711. The molecule has 1 aliphatic rings. The molecule has 0 aliphatic heterocycles. The van der Waals surface area contributed by atoms with Gasteiger partial charge in [0.1, 0.15) is 0 Å². The van der Waals surface area contributed by atoms with Gasteiger partial charge in [0.05, 0.1) is 0 Å². The van der Waals surface area contributed by atoms with Crippen molar-refractivity contribution in [3.63, 3.8) is 0 Å². The Kier molecular flexibility index (Phi) is 6.37. The van der Waals surface area contributed by atoms with Crippen LogP contribution < -0.4 is 5.32 Å². The van der Waals surface area contributed by atoms with E-state index in [1.165, 1.54) is 45.2 Å². The standard InChI is InChI=1S/C14H30N2/c1-5-10-15-14(11-16(3)4)13-8-6-12(2)7-9-13/h12-15H,5-11H2,1-4H3. The molecule has 1 unspecified atom stereocenters. The first-order valence-electron chi connectivity index (χ1n) is 7.01. The fourth-order valence-electron chi connectivity index (χ4n) is 2.79. The van der Waals surface area contributed by atoms with Crippen LogP contribution in [-0.2, 0) is 0 Å². The molecule has 0 heterocycles. The molecule has 96 valence electrons. The van der Waals surface area contributed by atoms with Gasteiger partial charge in [-0.2, -0.15) is 0 Å². The van der Waals surface area contributed by atoms with Crippen LogP contribution in [0.15, 0.2) is 0 Å². The van der Waals surface area contributed by atoms with Crippen LogP contribution in [0.2, 0.25) is 0 Å². The molecule has 0 radical (unpaired) electrons. The fraction of sp³-hybridized carbons (Fsp3) is 1.00. The van der Waals surface area contributed by atoms with E-state index in [4.69, 9.17) is 0 Å². The van der Waals surface area contributed by atoms with Gasteiger partial charge in [-0.15, -0.1) is 0 Å². The van der Waals surface area contributed by atoms with E-state index in [2.05, 4.69) is 38.2 Å². The highest BCUT2D eigenvalue weighted by atomic mass is 15.1. The third kappa shape index (κ3) is 4.84. The van der Waals surface area contributed by atoms with Gasteiger partial charge in [0.15, 0.2) is 0 Å². The van der Waals surface area contributed by atoms with E-state index in [-0.39, 0.29) is 0 Å². The number of nitrogens with zero attached hydrogens (tertiary/aromatic N) is 1. The van der Waals surface area contributed by atoms with Gasteiger partial charge in [0, 0.05) is 12.6 Å². The molecule has 1 atom stereocenters. The predicted molar refractivity (Wildman–Crippen MR) is 71.8 cm³/mol. The Bertz CT molecular complexity index is 172. The molecule has 0 amide bonds. The summed E-state index contributed by atoms with van der Waals surface area (Å²) in [4.78, 5) is 2.32. The van der Waals surface area contributed by atoms with E-state index in [1.807, 2.05) is 0 Å². The highest BCUT2D eigenvalue weighted by Crippen LogP contribution is 2.30. The van der Waals surface area contributed by atoms with Crippen molar-refractivity contribution in [2.75, 3.05) is 27.2 Å². The molecule has 0 aromatic heterocycles. The lowest BCUT2D eigenvalue weighted by Crippen LogP contribution is -2.45. The van der Waals surface area contributed by atoms with Crippen molar-refractivity contribution in [3.8, 4) is 0 Å². The topological polar surface area (TPSA) is 15.3 Å². The van der Waals surface area contributed by atoms with Gasteiger partial charge in [0.25, 0.3) is 0 Å². The summed E-state index contributed by atoms with van der Waals surface area (Å²) in [6.45, 7) is 7.02. The molecule has 1 N–H and O–H groups in total. The number of hydrogen-bond donors (Lipinski definition) is 1. The third-order valence-electron chi connectivity index (χ3n) is 3.85. The fourth-order valence-corrected chi connectivity index (χ4v) is 2.79. The zero-order valence-corrected chi connectivity index (χ0v) is 11.6. The number of nitrogens with one attached hydrogen (secondary N) is 1. The van der Waals surface area contributed by atoms with Crippen LogP contribution in [0.3, 0.4) is 0 Å². The average molecular weight is 226 g/mol. The van der Waals surface area contributed by atoms with Crippen molar-refractivity contribution in [2.24, 2.45) is 11.8 Å². The molecule has 2 nitrogen and oxygen atoms in total. The molecular formula is C14H30N2. The lowest BCUT2D eigenvalue weighted by atomic mass is 9.79. The highest BCUT2D eigenvalue weighted by Gasteiger charge is 2.25. The van der Waals surface area contributed by atoms with Crippen LogP contribution in [0.1, 0.15) is 46.0 Å². The van der Waals surface area contributed by atoms with E-state index >= 15 is 0 Å². The molecule has 0 aromatic rings. The predicted octanol–water partition coefficient (Wildman–Crippen LogP) is 2.74. The Labute approximate surface area is 102 Å². The quantitative estimate of drug-likeness (QED) is 0.749. The lowest BCUT2D eigenvalue weighted by molar-refractivity contribution is 0.198. The largest absolute Gasteiger partial charge is 0.312 e. The number of likely N-dealkylation sites (N-methyl/N-ethyl adjacent to an activating group) is 1. The molecule has 1 saturated carbocycles. The van der Waals surface area contributed by atoms with Crippen molar-refractivity contribution in [3.05, 3.63) is 0 Å². The normalized spacial score (nSPS) is 28.3. The first kappa shape index (κ1) is 14.0. The highest BCUT2D eigenvalue weighted by molar-refractivity contribution is 4.82. The summed E-state index contributed by atoms with van der Waals surface area (Å²) in [6, 6.07) is 0.711.